The molecule has 26 heavy (non-hydrogen) atoms. The Kier molecular flexibility index (Phi) is 5.48. The molecular formula is C19H20FN3O3. The van der Waals surface area contributed by atoms with Crippen LogP contribution in [-0.2, 0) is 9.59 Å². The number of nitrogens with zero attached hydrogens (tertiary/aromatic N) is 1. The van der Waals surface area contributed by atoms with Gasteiger partial charge in [-0.15, -0.1) is 0 Å². The molecule has 1 aliphatic rings. The fourth-order valence-corrected chi connectivity index (χ4v) is 2.73. The Hall–Kier alpha value is -2.93. The van der Waals surface area contributed by atoms with Crippen LogP contribution in [0.5, 0.6) is 5.75 Å². The van der Waals surface area contributed by atoms with Crippen molar-refractivity contribution in [2.75, 3.05) is 30.3 Å². The van der Waals surface area contributed by atoms with E-state index >= 15 is 0 Å². The minimum atomic E-state index is -0.390. The van der Waals surface area contributed by atoms with Crippen LogP contribution in [-0.4, -0.2) is 42.5 Å². The van der Waals surface area contributed by atoms with Crippen LogP contribution in [0.1, 0.15) is 6.92 Å². The third-order valence-electron chi connectivity index (χ3n) is 3.93. The van der Waals surface area contributed by atoms with Crippen molar-refractivity contribution in [2.24, 2.45) is 0 Å². The van der Waals surface area contributed by atoms with E-state index in [1.807, 2.05) is 4.90 Å². The maximum absolute atomic E-state index is 13.6. The fraction of sp³-hybridized carbons (Fsp3) is 0.263. The number of para-hydroxylation sites is 3. The van der Waals surface area contributed by atoms with E-state index in [2.05, 4.69) is 10.6 Å². The van der Waals surface area contributed by atoms with Gasteiger partial charge in [0.15, 0.2) is 11.6 Å². The number of carbonyl (C=O) groups excluding carboxylic acids is 2. The van der Waals surface area contributed by atoms with Crippen LogP contribution >= 0.6 is 0 Å². The standard InChI is InChI=1S/C19H20FN3O3/c1-13(24)21-16-7-3-4-8-17(16)22-19(25)12-23-10-14(11-23)26-18-9-5-2-6-15(18)20/h2-9,14H,10-12H2,1H3,(H,21,24)(H,22,25). The normalized spacial score (nSPS) is 14.4. The molecule has 0 spiro atoms. The van der Waals surface area contributed by atoms with Gasteiger partial charge < -0.3 is 15.4 Å². The lowest BCUT2D eigenvalue weighted by Crippen LogP contribution is -2.55. The van der Waals surface area contributed by atoms with Gasteiger partial charge in [0.2, 0.25) is 11.8 Å². The fourth-order valence-electron chi connectivity index (χ4n) is 2.73. The predicted octanol–water partition coefficient (Wildman–Crippen LogP) is 2.49. The number of anilines is 2. The third kappa shape index (κ3) is 4.58. The van der Waals surface area contributed by atoms with Crippen molar-refractivity contribution in [3.05, 3.63) is 54.3 Å². The van der Waals surface area contributed by atoms with Crippen LogP contribution in [0.4, 0.5) is 15.8 Å². The first kappa shape index (κ1) is 17.9. The van der Waals surface area contributed by atoms with Gasteiger partial charge in [-0.1, -0.05) is 24.3 Å². The molecule has 2 aromatic rings. The molecule has 6 nitrogen and oxygen atoms in total. The van der Waals surface area contributed by atoms with Crippen molar-refractivity contribution in [3.63, 3.8) is 0 Å². The van der Waals surface area contributed by atoms with Crippen LogP contribution in [0, 0.1) is 5.82 Å². The summed E-state index contributed by atoms with van der Waals surface area (Å²) >= 11 is 0. The van der Waals surface area contributed by atoms with Crippen LogP contribution in [0.25, 0.3) is 0 Å². The molecule has 0 aliphatic carbocycles. The number of benzene rings is 2. The summed E-state index contributed by atoms with van der Waals surface area (Å²) in [5, 5.41) is 5.47. The van der Waals surface area contributed by atoms with Crippen LogP contribution in [0.2, 0.25) is 0 Å². The number of halogens is 1. The van der Waals surface area contributed by atoms with E-state index in [4.69, 9.17) is 4.74 Å². The molecule has 0 radical (unpaired) electrons. The Balaban J connectivity index is 1.47. The Morgan fingerprint density at radius 3 is 2.35 bits per heavy atom. The van der Waals surface area contributed by atoms with Crippen LogP contribution < -0.4 is 15.4 Å². The Labute approximate surface area is 150 Å². The summed E-state index contributed by atoms with van der Waals surface area (Å²) in [5.41, 5.74) is 1.10. The van der Waals surface area contributed by atoms with E-state index < -0.39 is 5.82 Å². The molecule has 0 bridgehead atoms. The maximum atomic E-state index is 13.6. The Bertz CT molecular complexity index is 806. The molecule has 1 saturated heterocycles. The molecule has 1 heterocycles. The molecule has 2 aromatic carbocycles. The number of likely N-dealkylation sites (tertiary alicyclic amines) is 1. The molecule has 0 unspecified atom stereocenters. The largest absolute Gasteiger partial charge is 0.485 e. The smallest absolute Gasteiger partial charge is 0.238 e. The molecular weight excluding hydrogens is 337 g/mol. The van der Waals surface area contributed by atoms with Gasteiger partial charge in [0.25, 0.3) is 0 Å². The molecule has 3 rings (SSSR count). The number of nitrogens with one attached hydrogen (secondary N) is 2. The number of rotatable bonds is 6. The van der Waals surface area contributed by atoms with E-state index in [9.17, 15) is 14.0 Å². The van der Waals surface area contributed by atoms with Crippen LogP contribution in [0.15, 0.2) is 48.5 Å². The first-order chi connectivity index (χ1) is 12.5. The van der Waals surface area contributed by atoms with Gasteiger partial charge in [-0.2, -0.15) is 0 Å². The van der Waals surface area contributed by atoms with Gasteiger partial charge >= 0.3 is 0 Å². The lowest BCUT2D eigenvalue weighted by molar-refractivity contribution is -0.119. The van der Waals surface area contributed by atoms with Crippen molar-refractivity contribution >= 4 is 23.2 Å². The van der Waals surface area contributed by atoms with Gasteiger partial charge in [-0.05, 0) is 24.3 Å². The van der Waals surface area contributed by atoms with E-state index in [0.717, 1.165) is 0 Å². The third-order valence-corrected chi connectivity index (χ3v) is 3.93. The molecule has 2 amide bonds. The molecule has 136 valence electrons. The van der Waals surface area contributed by atoms with E-state index in [1.54, 1.807) is 42.5 Å². The average molecular weight is 357 g/mol. The van der Waals surface area contributed by atoms with Crippen molar-refractivity contribution in [3.8, 4) is 5.75 Å². The quantitative estimate of drug-likeness (QED) is 0.833. The van der Waals surface area contributed by atoms with E-state index in [-0.39, 0.29) is 30.2 Å². The highest BCUT2D eigenvalue weighted by atomic mass is 19.1. The summed E-state index contributed by atoms with van der Waals surface area (Å²) in [7, 11) is 0. The van der Waals surface area contributed by atoms with Gasteiger partial charge in [0, 0.05) is 20.0 Å². The second kappa shape index (κ2) is 7.97. The molecule has 0 aromatic heterocycles. The summed E-state index contributed by atoms with van der Waals surface area (Å²) in [6.45, 7) is 2.71. The summed E-state index contributed by atoms with van der Waals surface area (Å²) in [4.78, 5) is 25.3. The van der Waals surface area contributed by atoms with Gasteiger partial charge in [-0.3, -0.25) is 14.5 Å². The van der Waals surface area contributed by atoms with Crippen molar-refractivity contribution in [1.82, 2.24) is 4.90 Å². The van der Waals surface area contributed by atoms with Gasteiger partial charge in [0.1, 0.15) is 6.10 Å². The average Bonchev–Trinajstić information content (AvgIpc) is 2.56. The highest BCUT2D eigenvalue weighted by Crippen LogP contribution is 2.22. The number of hydrogen-bond acceptors (Lipinski definition) is 4. The molecule has 1 fully saturated rings. The topological polar surface area (TPSA) is 70.7 Å². The summed E-state index contributed by atoms with van der Waals surface area (Å²) in [6.07, 6.45) is -0.133. The lowest BCUT2D eigenvalue weighted by atomic mass is 10.1. The summed E-state index contributed by atoms with van der Waals surface area (Å²) in [5.74, 6) is -0.557. The summed E-state index contributed by atoms with van der Waals surface area (Å²) in [6, 6.07) is 13.3. The Morgan fingerprint density at radius 1 is 1.08 bits per heavy atom. The first-order valence-corrected chi connectivity index (χ1v) is 8.31. The van der Waals surface area contributed by atoms with Gasteiger partial charge in [0.05, 0.1) is 17.9 Å². The summed E-state index contributed by atoms with van der Waals surface area (Å²) < 4.78 is 19.1. The minimum absolute atomic E-state index is 0.133. The van der Waals surface area contributed by atoms with Crippen LogP contribution in [0.3, 0.4) is 0 Å². The zero-order chi connectivity index (χ0) is 18.5. The molecule has 1 aliphatic heterocycles. The molecule has 2 N–H and O–H groups in total. The van der Waals surface area contributed by atoms with Crippen molar-refractivity contribution in [1.29, 1.82) is 0 Å². The van der Waals surface area contributed by atoms with Gasteiger partial charge in [-0.25, -0.2) is 4.39 Å². The lowest BCUT2D eigenvalue weighted by Gasteiger charge is -2.38. The zero-order valence-corrected chi connectivity index (χ0v) is 14.4. The molecule has 7 heteroatoms. The van der Waals surface area contributed by atoms with Crippen molar-refractivity contribution in [2.45, 2.75) is 13.0 Å². The second-order valence-electron chi connectivity index (χ2n) is 6.14. The number of amides is 2. The number of ether oxygens (including phenoxy) is 1. The Morgan fingerprint density at radius 2 is 1.69 bits per heavy atom. The minimum Gasteiger partial charge on any atom is -0.485 e. The second-order valence-corrected chi connectivity index (χ2v) is 6.14. The SMILES string of the molecule is CC(=O)Nc1ccccc1NC(=O)CN1CC(Oc2ccccc2F)C1. The maximum Gasteiger partial charge on any atom is 0.238 e. The van der Waals surface area contributed by atoms with Crippen molar-refractivity contribution < 1.29 is 18.7 Å². The van der Waals surface area contributed by atoms with E-state index in [1.165, 1.54) is 13.0 Å². The van der Waals surface area contributed by atoms with E-state index in [0.29, 0.717) is 24.5 Å². The monoisotopic (exact) mass is 357 g/mol. The number of carbonyl (C=O) groups is 2. The first-order valence-electron chi connectivity index (χ1n) is 8.31. The highest BCUT2D eigenvalue weighted by Gasteiger charge is 2.30. The molecule has 0 saturated carbocycles. The number of hydrogen-bond donors (Lipinski definition) is 2. The molecule has 0 atom stereocenters. The highest BCUT2D eigenvalue weighted by molar-refractivity contribution is 5.99. The predicted molar refractivity (Wildman–Crippen MR) is 96.6 cm³/mol. The zero-order valence-electron chi connectivity index (χ0n) is 14.4.